The van der Waals surface area contributed by atoms with Crippen LogP contribution in [0.2, 0.25) is 0 Å². The molecule has 0 amide bonds. The number of ether oxygens (including phenoxy) is 1. The van der Waals surface area contributed by atoms with E-state index in [-0.39, 0.29) is 0 Å². The minimum absolute atomic E-state index is 0.465. The number of rotatable bonds is 3. The third-order valence-electron chi connectivity index (χ3n) is 2.17. The van der Waals surface area contributed by atoms with E-state index >= 15 is 0 Å². The maximum Gasteiger partial charge on any atom is 0.0591 e. The van der Waals surface area contributed by atoms with Gasteiger partial charge in [0.1, 0.15) is 0 Å². The van der Waals surface area contributed by atoms with Crippen LogP contribution in [0.4, 0.5) is 0 Å². The van der Waals surface area contributed by atoms with Crippen LogP contribution in [0.25, 0.3) is 0 Å². The fraction of sp³-hybridized carbons (Fsp3) is 0.778. The predicted octanol–water partition coefficient (Wildman–Crippen LogP) is 1.68. The Bertz CT molecular complexity index is 144. The molecule has 2 atom stereocenters. The highest BCUT2D eigenvalue weighted by molar-refractivity contribution is 4.92. The lowest BCUT2D eigenvalue weighted by Crippen LogP contribution is -2.24. The van der Waals surface area contributed by atoms with Crippen molar-refractivity contribution < 1.29 is 4.74 Å². The molecule has 1 aliphatic rings. The highest BCUT2D eigenvalue weighted by Crippen LogP contribution is 2.21. The van der Waals surface area contributed by atoms with Crippen LogP contribution in [0.1, 0.15) is 26.2 Å². The SMILES string of the molecule is C=C(C)N[C@H]1CC[C@@H](OC)C1. The molecule has 0 bridgehead atoms. The predicted molar refractivity (Wildman–Crippen MR) is 46.4 cm³/mol. The van der Waals surface area contributed by atoms with Gasteiger partial charge in [-0.1, -0.05) is 6.58 Å². The smallest absolute Gasteiger partial charge is 0.0591 e. The van der Waals surface area contributed by atoms with E-state index < -0.39 is 0 Å². The Morgan fingerprint density at radius 3 is 2.73 bits per heavy atom. The van der Waals surface area contributed by atoms with Gasteiger partial charge >= 0.3 is 0 Å². The van der Waals surface area contributed by atoms with Gasteiger partial charge in [0.2, 0.25) is 0 Å². The van der Waals surface area contributed by atoms with Crippen molar-refractivity contribution in [3.63, 3.8) is 0 Å². The van der Waals surface area contributed by atoms with E-state index in [1.165, 1.54) is 12.8 Å². The molecule has 0 saturated heterocycles. The van der Waals surface area contributed by atoms with Crippen molar-refractivity contribution >= 4 is 0 Å². The lowest BCUT2D eigenvalue weighted by Gasteiger charge is -2.13. The fourth-order valence-corrected chi connectivity index (χ4v) is 1.63. The van der Waals surface area contributed by atoms with Gasteiger partial charge in [0.25, 0.3) is 0 Å². The first-order valence-electron chi connectivity index (χ1n) is 4.17. The highest BCUT2D eigenvalue weighted by Gasteiger charge is 2.23. The van der Waals surface area contributed by atoms with Crippen molar-refractivity contribution in [2.75, 3.05) is 7.11 Å². The Labute approximate surface area is 68.6 Å². The van der Waals surface area contributed by atoms with Gasteiger partial charge in [0.05, 0.1) is 6.10 Å². The number of allylic oxidation sites excluding steroid dienone is 1. The van der Waals surface area contributed by atoms with E-state index in [4.69, 9.17) is 4.74 Å². The van der Waals surface area contributed by atoms with Crippen LogP contribution in [-0.2, 0) is 4.74 Å². The molecule has 0 aromatic carbocycles. The van der Waals surface area contributed by atoms with Gasteiger partial charge in [0.15, 0.2) is 0 Å². The second kappa shape index (κ2) is 3.77. The molecular formula is C9H17NO. The van der Waals surface area contributed by atoms with Crippen LogP contribution in [0.15, 0.2) is 12.3 Å². The summed E-state index contributed by atoms with van der Waals surface area (Å²) in [5.41, 5.74) is 1.06. The van der Waals surface area contributed by atoms with Crippen molar-refractivity contribution in [1.29, 1.82) is 0 Å². The van der Waals surface area contributed by atoms with Gasteiger partial charge in [-0.15, -0.1) is 0 Å². The van der Waals surface area contributed by atoms with E-state index in [9.17, 15) is 0 Å². The molecule has 2 heteroatoms. The molecule has 0 spiro atoms. The van der Waals surface area contributed by atoms with Gasteiger partial charge in [0, 0.05) is 18.8 Å². The summed E-state index contributed by atoms with van der Waals surface area (Å²) in [5, 5.41) is 3.33. The Balaban J connectivity index is 2.24. The summed E-state index contributed by atoms with van der Waals surface area (Å²) in [4.78, 5) is 0. The summed E-state index contributed by atoms with van der Waals surface area (Å²) in [6.07, 6.45) is 3.99. The largest absolute Gasteiger partial charge is 0.386 e. The molecule has 1 saturated carbocycles. The van der Waals surface area contributed by atoms with Gasteiger partial charge in [-0.05, 0) is 26.2 Å². The molecule has 0 heterocycles. The lowest BCUT2D eigenvalue weighted by atomic mass is 10.2. The number of nitrogens with one attached hydrogen (secondary N) is 1. The first kappa shape index (κ1) is 8.60. The molecule has 0 unspecified atom stereocenters. The molecule has 1 rings (SSSR count). The van der Waals surface area contributed by atoms with E-state index in [1.807, 2.05) is 6.92 Å². The van der Waals surface area contributed by atoms with E-state index in [1.54, 1.807) is 7.11 Å². The molecule has 1 aliphatic carbocycles. The molecule has 0 aromatic rings. The summed E-state index contributed by atoms with van der Waals surface area (Å²) in [5.74, 6) is 0. The summed E-state index contributed by atoms with van der Waals surface area (Å²) in [6.45, 7) is 5.82. The lowest BCUT2D eigenvalue weighted by molar-refractivity contribution is 0.107. The number of hydrogen-bond donors (Lipinski definition) is 1. The van der Waals surface area contributed by atoms with Gasteiger partial charge in [-0.25, -0.2) is 0 Å². The van der Waals surface area contributed by atoms with Crippen LogP contribution in [-0.4, -0.2) is 19.3 Å². The highest BCUT2D eigenvalue weighted by atomic mass is 16.5. The first-order valence-corrected chi connectivity index (χ1v) is 4.17. The zero-order chi connectivity index (χ0) is 8.27. The third-order valence-corrected chi connectivity index (χ3v) is 2.17. The number of hydrogen-bond acceptors (Lipinski definition) is 2. The zero-order valence-corrected chi connectivity index (χ0v) is 7.39. The molecule has 0 aliphatic heterocycles. The standard InChI is InChI=1S/C9H17NO/c1-7(2)10-8-4-5-9(6-8)11-3/h8-10H,1,4-6H2,2-3H3/t8-,9+/m0/s1. The quantitative estimate of drug-likeness (QED) is 0.669. The summed E-state index contributed by atoms with van der Waals surface area (Å²) in [7, 11) is 1.79. The normalized spacial score (nSPS) is 30.4. The van der Waals surface area contributed by atoms with Crippen molar-refractivity contribution in [2.45, 2.75) is 38.3 Å². The van der Waals surface area contributed by atoms with Crippen LogP contribution in [0, 0.1) is 0 Å². The summed E-state index contributed by atoms with van der Waals surface area (Å²) in [6, 6.07) is 0.595. The second-order valence-corrected chi connectivity index (χ2v) is 3.29. The Hall–Kier alpha value is -0.500. The Morgan fingerprint density at radius 1 is 1.55 bits per heavy atom. The van der Waals surface area contributed by atoms with Crippen molar-refractivity contribution in [2.24, 2.45) is 0 Å². The van der Waals surface area contributed by atoms with Crippen LogP contribution in [0.3, 0.4) is 0 Å². The fourth-order valence-electron chi connectivity index (χ4n) is 1.63. The average molecular weight is 155 g/mol. The maximum absolute atomic E-state index is 5.25. The topological polar surface area (TPSA) is 21.3 Å². The molecule has 64 valence electrons. The van der Waals surface area contributed by atoms with Gasteiger partial charge in [-0.2, -0.15) is 0 Å². The molecule has 1 fully saturated rings. The molecule has 0 aromatic heterocycles. The van der Waals surface area contributed by atoms with Crippen molar-refractivity contribution in [3.8, 4) is 0 Å². The van der Waals surface area contributed by atoms with Gasteiger partial charge in [-0.3, -0.25) is 0 Å². The molecule has 11 heavy (non-hydrogen) atoms. The van der Waals surface area contributed by atoms with Gasteiger partial charge < -0.3 is 10.1 Å². The zero-order valence-electron chi connectivity index (χ0n) is 7.39. The first-order chi connectivity index (χ1) is 5.22. The van der Waals surface area contributed by atoms with E-state index in [0.29, 0.717) is 12.1 Å². The maximum atomic E-state index is 5.25. The van der Waals surface area contributed by atoms with Crippen molar-refractivity contribution in [1.82, 2.24) is 5.32 Å². The van der Waals surface area contributed by atoms with Crippen LogP contribution >= 0.6 is 0 Å². The summed E-state index contributed by atoms with van der Waals surface area (Å²) < 4.78 is 5.25. The number of methoxy groups -OCH3 is 1. The van der Waals surface area contributed by atoms with E-state index in [0.717, 1.165) is 12.1 Å². The van der Waals surface area contributed by atoms with Crippen LogP contribution in [0.5, 0.6) is 0 Å². The average Bonchev–Trinajstić information content (AvgIpc) is 2.34. The third kappa shape index (κ3) is 2.54. The van der Waals surface area contributed by atoms with E-state index in [2.05, 4.69) is 11.9 Å². The van der Waals surface area contributed by atoms with Crippen molar-refractivity contribution in [3.05, 3.63) is 12.3 Å². The molecule has 0 radical (unpaired) electrons. The second-order valence-electron chi connectivity index (χ2n) is 3.29. The monoisotopic (exact) mass is 155 g/mol. The molecular weight excluding hydrogens is 138 g/mol. The minimum Gasteiger partial charge on any atom is -0.386 e. The Morgan fingerprint density at radius 2 is 2.27 bits per heavy atom. The summed E-state index contributed by atoms with van der Waals surface area (Å²) >= 11 is 0. The molecule has 2 nitrogen and oxygen atoms in total. The molecule has 1 N–H and O–H groups in total. The Kier molecular flexibility index (Phi) is 2.94. The minimum atomic E-state index is 0.465. The van der Waals surface area contributed by atoms with Crippen LogP contribution < -0.4 is 5.32 Å².